The monoisotopic (exact) mass is 605 g/mol. The molecule has 0 saturated carbocycles. The van der Waals surface area contributed by atoms with Crippen LogP contribution in [-0.2, 0) is 18.4 Å². The second-order valence-corrected chi connectivity index (χ2v) is 14.0. The summed E-state index contributed by atoms with van der Waals surface area (Å²) in [5, 5.41) is 13.6. The van der Waals surface area contributed by atoms with Crippen LogP contribution in [0, 0.1) is 0 Å². The van der Waals surface area contributed by atoms with Gasteiger partial charge in [-0.15, -0.1) is 0 Å². The molecule has 0 saturated heterocycles. The number of aliphatic hydroxyl groups excluding tert-OH is 1. The predicted molar refractivity (Wildman–Crippen MR) is 171 cm³/mol. The summed E-state index contributed by atoms with van der Waals surface area (Å²) in [5.41, 5.74) is 0. The normalized spacial score (nSPS) is 15.2. The Bertz CT molecular complexity index is 698. The van der Waals surface area contributed by atoms with E-state index in [1.165, 1.54) is 77.0 Å². The van der Waals surface area contributed by atoms with E-state index in [4.69, 9.17) is 9.05 Å². The number of phosphoric acid groups is 1. The Morgan fingerprint density at radius 2 is 1.29 bits per heavy atom. The molecule has 0 bridgehead atoms. The van der Waals surface area contributed by atoms with Crippen LogP contribution >= 0.6 is 7.82 Å². The van der Waals surface area contributed by atoms with Gasteiger partial charge in [-0.05, 0) is 19.3 Å². The number of nitrogens with one attached hydrogen (secondary N) is 1. The first-order valence-electron chi connectivity index (χ1n) is 16.6. The highest BCUT2D eigenvalue weighted by atomic mass is 31.2. The van der Waals surface area contributed by atoms with Crippen molar-refractivity contribution in [3.63, 3.8) is 0 Å². The first-order chi connectivity index (χ1) is 19.5. The highest BCUT2D eigenvalue weighted by molar-refractivity contribution is 7.47. The molecule has 0 heterocycles. The van der Waals surface area contributed by atoms with Crippen LogP contribution < -0.4 is 5.32 Å². The molecule has 0 fully saturated rings. The van der Waals surface area contributed by atoms with Gasteiger partial charge in [0.15, 0.2) is 0 Å². The largest absolute Gasteiger partial charge is 0.472 e. The molecule has 0 aromatic rings. The number of aliphatic hydroxyl groups is 1. The van der Waals surface area contributed by atoms with Crippen molar-refractivity contribution in [2.24, 2.45) is 0 Å². The molecular weight excluding hydrogens is 539 g/mol. The second kappa shape index (κ2) is 25.7. The molecule has 0 aromatic heterocycles. The van der Waals surface area contributed by atoms with Crippen molar-refractivity contribution in [3.05, 3.63) is 12.2 Å². The number of unbranched alkanes of at least 4 members (excludes halogenated alkanes) is 16. The van der Waals surface area contributed by atoms with Crippen LogP contribution in [0.2, 0.25) is 0 Å². The van der Waals surface area contributed by atoms with Gasteiger partial charge in [0.05, 0.1) is 39.9 Å². The van der Waals surface area contributed by atoms with Gasteiger partial charge < -0.3 is 19.8 Å². The molecular formula is C32H66N2O6P+. The molecule has 3 N–H and O–H groups in total. The number of phosphoric ester groups is 1. The Hall–Kier alpha value is -0.760. The van der Waals surface area contributed by atoms with Gasteiger partial charge in [0, 0.05) is 6.42 Å². The van der Waals surface area contributed by atoms with E-state index in [0.717, 1.165) is 38.5 Å². The fraction of sp³-hybridized carbons (Fsp3) is 0.906. The second-order valence-electron chi connectivity index (χ2n) is 12.5. The molecule has 0 aromatic carbocycles. The van der Waals surface area contributed by atoms with Crippen LogP contribution in [-0.4, -0.2) is 73.4 Å². The van der Waals surface area contributed by atoms with Gasteiger partial charge in [-0.3, -0.25) is 13.8 Å². The van der Waals surface area contributed by atoms with Gasteiger partial charge in [-0.1, -0.05) is 122 Å². The zero-order valence-electron chi connectivity index (χ0n) is 27.3. The summed E-state index contributed by atoms with van der Waals surface area (Å²) < 4.78 is 23.3. The summed E-state index contributed by atoms with van der Waals surface area (Å²) in [5.74, 6) is -0.184. The standard InChI is InChI=1S/C32H65N2O6P/c1-6-8-10-12-14-16-17-18-20-22-24-26-32(36)33-30(29-40-41(37,38)39-28-27-34(3,4)5)31(35)25-23-21-19-15-13-11-9-7-2/h23,25,30-31,35H,6-22,24,26-29H2,1-5H3,(H-,33,36,37,38)/p+1/b25-23+. The van der Waals surface area contributed by atoms with Gasteiger partial charge in [-0.25, -0.2) is 4.57 Å². The average molecular weight is 606 g/mol. The van der Waals surface area contributed by atoms with E-state index in [9.17, 15) is 19.4 Å². The van der Waals surface area contributed by atoms with E-state index in [-0.39, 0.29) is 19.1 Å². The molecule has 0 rings (SSSR count). The van der Waals surface area contributed by atoms with Crippen LogP contribution in [0.3, 0.4) is 0 Å². The van der Waals surface area contributed by atoms with E-state index in [1.54, 1.807) is 6.08 Å². The van der Waals surface area contributed by atoms with Gasteiger partial charge in [-0.2, -0.15) is 0 Å². The highest BCUT2D eigenvalue weighted by Crippen LogP contribution is 2.43. The molecule has 244 valence electrons. The fourth-order valence-corrected chi connectivity index (χ4v) is 5.24. The number of likely N-dealkylation sites (N-methyl/N-ethyl adjacent to an activating group) is 1. The summed E-state index contributed by atoms with van der Waals surface area (Å²) in [6.07, 6.45) is 24.2. The number of hydrogen-bond donors (Lipinski definition) is 3. The van der Waals surface area contributed by atoms with Crippen LogP contribution in [0.5, 0.6) is 0 Å². The number of carbonyl (C=O) groups is 1. The van der Waals surface area contributed by atoms with Crippen LogP contribution in [0.15, 0.2) is 12.2 Å². The number of rotatable bonds is 29. The van der Waals surface area contributed by atoms with Crippen molar-refractivity contribution in [1.29, 1.82) is 0 Å². The van der Waals surface area contributed by atoms with Crippen molar-refractivity contribution in [2.75, 3.05) is 40.9 Å². The Kier molecular flexibility index (Phi) is 25.2. The van der Waals surface area contributed by atoms with Crippen molar-refractivity contribution in [2.45, 2.75) is 148 Å². The maximum Gasteiger partial charge on any atom is 0.472 e. The molecule has 0 spiro atoms. The lowest BCUT2D eigenvalue weighted by Gasteiger charge is -2.25. The molecule has 3 unspecified atom stereocenters. The average Bonchev–Trinajstić information content (AvgIpc) is 2.90. The molecule has 0 aliphatic carbocycles. The third-order valence-electron chi connectivity index (χ3n) is 7.26. The third kappa shape index (κ3) is 27.8. The highest BCUT2D eigenvalue weighted by Gasteiger charge is 2.27. The number of nitrogens with zero attached hydrogens (tertiary/aromatic N) is 1. The molecule has 0 aliphatic heterocycles. The van der Waals surface area contributed by atoms with Crippen molar-refractivity contribution < 1.29 is 32.9 Å². The minimum atomic E-state index is -4.31. The summed E-state index contributed by atoms with van der Waals surface area (Å²) in [6.45, 7) is 4.73. The molecule has 8 nitrogen and oxygen atoms in total. The van der Waals surface area contributed by atoms with Gasteiger partial charge in [0.25, 0.3) is 0 Å². The minimum absolute atomic E-state index is 0.0634. The zero-order valence-corrected chi connectivity index (χ0v) is 28.2. The number of hydrogen-bond acceptors (Lipinski definition) is 5. The fourth-order valence-electron chi connectivity index (χ4n) is 4.51. The van der Waals surface area contributed by atoms with Crippen LogP contribution in [0.1, 0.15) is 136 Å². The number of quaternary nitrogens is 1. The summed E-state index contributed by atoms with van der Waals surface area (Å²) in [6, 6.07) is -0.835. The molecule has 3 atom stereocenters. The predicted octanol–water partition coefficient (Wildman–Crippen LogP) is 7.68. The Labute approximate surface area is 252 Å². The van der Waals surface area contributed by atoms with E-state index in [2.05, 4.69) is 19.2 Å². The van der Waals surface area contributed by atoms with Gasteiger partial charge in [0.1, 0.15) is 13.2 Å². The number of carbonyl (C=O) groups excluding carboxylic acids is 1. The summed E-state index contributed by atoms with van der Waals surface area (Å²) in [4.78, 5) is 22.8. The first-order valence-corrected chi connectivity index (χ1v) is 18.1. The van der Waals surface area contributed by atoms with Gasteiger partial charge in [0.2, 0.25) is 5.91 Å². The maximum atomic E-state index is 12.7. The minimum Gasteiger partial charge on any atom is -0.387 e. The van der Waals surface area contributed by atoms with Crippen molar-refractivity contribution >= 4 is 13.7 Å². The van der Waals surface area contributed by atoms with Crippen molar-refractivity contribution in [3.8, 4) is 0 Å². The lowest BCUT2D eigenvalue weighted by Crippen LogP contribution is -2.45. The van der Waals surface area contributed by atoms with Crippen molar-refractivity contribution in [1.82, 2.24) is 5.32 Å². The Balaban J connectivity index is 4.60. The summed E-state index contributed by atoms with van der Waals surface area (Å²) in [7, 11) is 1.57. The Morgan fingerprint density at radius 3 is 1.80 bits per heavy atom. The lowest BCUT2D eigenvalue weighted by molar-refractivity contribution is -0.870. The molecule has 1 amide bonds. The maximum absolute atomic E-state index is 12.7. The van der Waals surface area contributed by atoms with E-state index >= 15 is 0 Å². The SMILES string of the molecule is CCCCCCCC/C=C/C(O)C(COP(=O)(O)OCC[N+](C)(C)C)NC(=O)CCCCCCCCCCCCC. The topological polar surface area (TPSA) is 105 Å². The third-order valence-corrected chi connectivity index (χ3v) is 8.24. The molecule has 0 radical (unpaired) electrons. The van der Waals surface area contributed by atoms with E-state index in [0.29, 0.717) is 17.4 Å². The van der Waals surface area contributed by atoms with E-state index < -0.39 is 20.0 Å². The smallest absolute Gasteiger partial charge is 0.387 e. The lowest BCUT2D eigenvalue weighted by atomic mass is 10.0. The van der Waals surface area contributed by atoms with Crippen LogP contribution in [0.25, 0.3) is 0 Å². The quantitative estimate of drug-likeness (QED) is 0.0350. The first kappa shape index (κ1) is 40.2. The molecule has 0 aliphatic rings. The number of allylic oxidation sites excluding steroid dienone is 1. The Morgan fingerprint density at radius 1 is 0.805 bits per heavy atom. The molecule has 41 heavy (non-hydrogen) atoms. The molecule has 9 heteroatoms. The van der Waals surface area contributed by atoms with Crippen LogP contribution in [0.4, 0.5) is 0 Å². The zero-order chi connectivity index (χ0) is 30.8. The summed E-state index contributed by atoms with van der Waals surface area (Å²) >= 11 is 0. The number of amides is 1. The van der Waals surface area contributed by atoms with Gasteiger partial charge >= 0.3 is 7.82 Å². The van der Waals surface area contributed by atoms with E-state index in [1.807, 2.05) is 27.2 Å².